The van der Waals surface area contributed by atoms with Crippen molar-refractivity contribution >= 4 is 11.8 Å². The fraction of sp³-hybridized carbons (Fsp3) is 0.214. The maximum Gasteiger partial charge on any atom is 0.418 e. The quantitative estimate of drug-likeness (QED) is 0.623. The van der Waals surface area contributed by atoms with Crippen molar-refractivity contribution < 1.29 is 26.3 Å². The van der Waals surface area contributed by atoms with Crippen LogP contribution in [0, 0.1) is 0 Å². The van der Waals surface area contributed by atoms with Crippen LogP contribution in [0.1, 0.15) is 28.4 Å². The number of nitrogens with zero attached hydrogens (tertiary/aromatic N) is 1. The molecule has 0 amide bonds. The Labute approximate surface area is 132 Å². The molecule has 0 aliphatic heterocycles. The van der Waals surface area contributed by atoms with Gasteiger partial charge in [-0.3, -0.25) is 4.98 Å². The number of aromatic nitrogens is 1. The predicted molar refractivity (Wildman–Crippen MR) is 71.5 cm³/mol. The van der Waals surface area contributed by atoms with Gasteiger partial charge in [0.1, 0.15) is 0 Å². The second kappa shape index (κ2) is 6.37. The first-order valence-corrected chi connectivity index (χ1v) is 6.58. The van der Waals surface area contributed by atoms with Gasteiger partial charge in [0.15, 0.2) is 0 Å². The Hall–Kier alpha value is -1.80. The molecular formula is C14H9ClF6N2. The third-order valence-corrected chi connectivity index (χ3v) is 3.32. The molecule has 2 rings (SSSR count). The highest BCUT2D eigenvalue weighted by molar-refractivity contribution is 6.13. The van der Waals surface area contributed by atoms with E-state index in [2.05, 4.69) is 9.82 Å². The second-order valence-corrected chi connectivity index (χ2v) is 4.81. The van der Waals surface area contributed by atoms with Crippen molar-refractivity contribution in [2.45, 2.75) is 18.4 Å². The van der Waals surface area contributed by atoms with Gasteiger partial charge in [-0.25, -0.2) is 4.84 Å². The van der Waals surface area contributed by atoms with Crippen LogP contribution in [0.2, 0.25) is 0 Å². The van der Waals surface area contributed by atoms with Crippen LogP contribution in [0.5, 0.6) is 0 Å². The van der Waals surface area contributed by atoms with Gasteiger partial charge < -0.3 is 0 Å². The summed E-state index contributed by atoms with van der Waals surface area (Å²) in [7, 11) is 0. The summed E-state index contributed by atoms with van der Waals surface area (Å²) in [5.41, 5.74) is -2.23. The lowest BCUT2D eigenvalue weighted by Gasteiger charge is -2.20. The molecule has 0 fully saturated rings. The average molecular weight is 355 g/mol. The molecule has 0 bridgehead atoms. The van der Waals surface area contributed by atoms with E-state index in [1.807, 2.05) is 0 Å². The number of hydrogen-bond acceptors (Lipinski definition) is 2. The van der Waals surface area contributed by atoms with Crippen molar-refractivity contribution in [3.8, 4) is 0 Å². The van der Waals surface area contributed by atoms with Crippen LogP contribution in [0.3, 0.4) is 0 Å². The zero-order valence-corrected chi connectivity index (χ0v) is 12.0. The monoisotopic (exact) mass is 354 g/mol. The minimum Gasteiger partial charge on any atom is -0.259 e. The molecule has 0 saturated carbocycles. The number of halogens is 7. The summed E-state index contributed by atoms with van der Waals surface area (Å²) >= 11 is 5.51. The first-order chi connectivity index (χ1) is 10.6. The highest BCUT2D eigenvalue weighted by Gasteiger charge is 2.36. The lowest BCUT2D eigenvalue weighted by Crippen LogP contribution is -2.20. The zero-order valence-electron chi connectivity index (χ0n) is 11.2. The van der Waals surface area contributed by atoms with Gasteiger partial charge in [0.05, 0.1) is 22.9 Å². The van der Waals surface area contributed by atoms with E-state index < -0.39 is 35.2 Å². The zero-order chi connectivity index (χ0) is 17.3. The van der Waals surface area contributed by atoms with Crippen molar-refractivity contribution in [3.05, 3.63) is 65.0 Å². The summed E-state index contributed by atoms with van der Waals surface area (Å²) < 4.78 is 76.7. The Bertz CT molecular complexity index is 666. The Kier molecular flexibility index (Phi) is 4.86. The predicted octanol–water partition coefficient (Wildman–Crippen LogP) is 4.95. The van der Waals surface area contributed by atoms with Gasteiger partial charge in [-0.15, -0.1) is 0 Å². The van der Waals surface area contributed by atoms with Crippen molar-refractivity contribution in [1.29, 1.82) is 0 Å². The van der Waals surface area contributed by atoms with Gasteiger partial charge in [-0.2, -0.15) is 26.3 Å². The van der Waals surface area contributed by atoms with E-state index in [0.29, 0.717) is 0 Å². The average Bonchev–Trinajstić information content (AvgIpc) is 2.47. The van der Waals surface area contributed by atoms with Crippen LogP contribution >= 0.6 is 11.8 Å². The fourth-order valence-electron chi connectivity index (χ4n) is 2.02. The van der Waals surface area contributed by atoms with Gasteiger partial charge in [-0.1, -0.05) is 12.1 Å². The number of alkyl halides is 6. The molecule has 2 aromatic rings. The first kappa shape index (κ1) is 17.6. The Morgan fingerprint density at radius 3 is 2.00 bits per heavy atom. The van der Waals surface area contributed by atoms with E-state index in [9.17, 15) is 26.3 Å². The van der Waals surface area contributed by atoms with E-state index in [1.165, 1.54) is 0 Å². The number of hydrogen-bond donors (Lipinski definition) is 1. The molecule has 0 saturated heterocycles. The SMILES string of the molecule is FC(F)(F)c1ccc([C@H](NCl)c2ncccc2C(F)(F)F)cc1. The third kappa shape index (κ3) is 3.94. The highest BCUT2D eigenvalue weighted by Crippen LogP contribution is 2.36. The topological polar surface area (TPSA) is 24.9 Å². The van der Waals surface area contributed by atoms with E-state index >= 15 is 0 Å². The molecule has 23 heavy (non-hydrogen) atoms. The number of nitrogens with one attached hydrogen (secondary N) is 1. The molecule has 0 aliphatic carbocycles. The van der Waals surface area contributed by atoms with Crippen LogP contribution in [-0.4, -0.2) is 4.98 Å². The van der Waals surface area contributed by atoms with E-state index in [-0.39, 0.29) is 5.56 Å². The van der Waals surface area contributed by atoms with E-state index in [4.69, 9.17) is 11.8 Å². The van der Waals surface area contributed by atoms with Crippen molar-refractivity contribution in [2.24, 2.45) is 0 Å². The molecular weight excluding hydrogens is 346 g/mol. The molecule has 0 aliphatic rings. The molecule has 1 atom stereocenters. The van der Waals surface area contributed by atoms with Crippen molar-refractivity contribution in [2.75, 3.05) is 0 Å². The van der Waals surface area contributed by atoms with Crippen LogP contribution in [-0.2, 0) is 12.4 Å². The molecule has 2 nitrogen and oxygen atoms in total. The number of pyridine rings is 1. The van der Waals surface area contributed by atoms with Crippen LogP contribution in [0.25, 0.3) is 0 Å². The minimum absolute atomic E-state index is 0.122. The smallest absolute Gasteiger partial charge is 0.259 e. The Morgan fingerprint density at radius 1 is 0.913 bits per heavy atom. The van der Waals surface area contributed by atoms with E-state index in [0.717, 1.165) is 42.6 Å². The molecule has 124 valence electrons. The molecule has 1 N–H and O–H groups in total. The number of benzene rings is 1. The summed E-state index contributed by atoms with van der Waals surface area (Å²) in [6.45, 7) is 0. The molecule has 1 aromatic heterocycles. The number of rotatable bonds is 3. The summed E-state index contributed by atoms with van der Waals surface area (Å²) in [4.78, 5) is 5.81. The Morgan fingerprint density at radius 2 is 1.52 bits per heavy atom. The molecule has 9 heteroatoms. The van der Waals surface area contributed by atoms with Crippen LogP contribution in [0.4, 0.5) is 26.3 Å². The molecule has 0 unspecified atom stereocenters. The fourth-order valence-corrected chi connectivity index (χ4v) is 2.25. The molecule has 1 heterocycles. The summed E-state index contributed by atoms with van der Waals surface area (Å²) in [6.07, 6.45) is -8.05. The summed E-state index contributed by atoms with van der Waals surface area (Å²) in [6, 6.07) is 4.38. The second-order valence-electron chi connectivity index (χ2n) is 4.60. The standard InChI is InChI=1S/C14H9ClF6N2/c15-23-11(8-3-5-9(6-4-8)13(16,17)18)12-10(14(19,20)21)2-1-7-22-12/h1-7,11,23H/t11-/m0/s1. The molecule has 0 radical (unpaired) electrons. The van der Waals surface area contributed by atoms with Gasteiger partial charge in [0.2, 0.25) is 0 Å². The van der Waals surface area contributed by atoms with Gasteiger partial charge in [0, 0.05) is 6.20 Å². The maximum atomic E-state index is 13.0. The normalized spacial score (nSPS) is 13.9. The van der Waals surface area contributed by atoms with Crippen molar-refractivity contribution in [3.63, 3.8) is 0 Å². The lowest BCUT2D eigenvalue weighted by atomic mass is 9.99. The van der Waals surface area contributed by atoms with Gasteiger partial charge in [0.25, 0.3) is 0 Å². The van der Waals surface area contributed by atoms with Crippen molar-refractivity contribution in [1.82, 2.24) is 9.82 Å². The lowest BCUT2D eigenvalue weighted by molar-refractivity contribution is -0.139. The van der Waals surface area contributed by atoms with Crippen LogP contribution in [0.15, 0.2) is 42.6 Å². The minimum atomic E-state index is -4.67. The third-order valence-electron chi connectivity index (χ3n) is 3.10. The maximum absolute atomic E-state index is 13.0. The van der Waals surface area contributed by atoms with Gasteiger partial charge in [-0.05, 0) is 41.6 Å². The largest absolute Gasteiger partial charge is 0.418 e. The Balaban J connectivity index is 2.45. The highest BCUT2D eigenvalue weighted by atomic mass is 35.5. The first-order valence-electron chi connectivity index (χ1n) is 6.20. The molecule has 0 spiro atoms. The summed E-state index contributed by atoms with van der Waals surface area (Å²) in [5, 5.41) is 0. The van der Waals surface area contributed by atoms with Gasteiger partial charge >= 0.3 is 12.4 Å². The summed E-state index contributed by atoms with van der Waals surface area (Å²) in [5.74, 6) is 0. The molecule has 1 aromatic carbocycles. The van der Waals surface area contributed by atoms with Crippen LogP contribution < -0.4 is 4.84 Å². The van der Waals surface area contributed by atoms with E-state index in [1.54, 1.807) is 0 Å².